The maximum Gasteiger partial charge on any atom is 0.338 e. The molecule has 4 rings (SSSR count). The average molecular weight is 491 g/mol. The molecule has 0 radical (unpaired) electrons. The first-order chi connectivity index (χ1) is 16.4. The van der Waals surface area contributed by atoms with E-state index in [1.807, 2.05) is 0 Å². The third-order valence-corrected chi connectivity index (χ3v) is 7.49. The summed E-state index contributed by atoms with van der Waals surface area (Å²) >= 11 is 0. The number of hydrogen-bond acceptors (Lipinski definition) is 8. The van der Waals surface area contributed by atoms with Crippen LogP contribution in [0.5, 0.6) is 17.2 Å². The van der Waals surface area contributed by atoms with Crippen LogP contribution in [-0.4, -0.2) is 58.2 Å². The molecule has 34 heavy (non-hydrogen) atoms. The molecule has 0 atom stereocenters. The summed E-state index contributed by atoms with van der Waals surface area (Å²) < 4.78 is 48.8. The first kappa shape index (κ1) is 23.8. The predicted octanol–water partition coefficient (Wildman–Crippen LogP) is 2.78. The number of sulfonamides is 1. The van der Waals surface area contributed by atoms with Gasteiger partial charge in [-0.2, -0.15) is 4.31 Å². The lowest BCUT2D eigenvalue weighted by atomic mass is 10.2. The number of anilines is 1. The Morgan fingerprint density at radius 1 is 1.00 bits per heavy atom. The zero-order valence-electron chi connectivity index (χ0n) is 18.7. The molecule has 1 saturated heterocycles. The maximum absolute atomic E-state index is 13.3. The SMILES string of the molecule is COc1ccc(C(=O)OCC(=O)Nc2ccc3c(c2)OCO3)cc1S(=O)(=O)N1CCCCCC1. The number of carbonyl (C=O) groups is 2. The van der Waals surface area contributed by atoms with Crippen LogP contribution >= 0.6 is 0 Å². The van der Waals surface area contributed by atoms with Gasteiger partial charge >= 0.3 is 5.97 Å². The molecule has 0 saturated carbocycles. The summed E-state index contributed by atoms with van der Waals surface area (Å²) in [5.74, 6) is -0.156. The molecule has 2 aliphatic heterocycles. The lowest BCUT2D eigenvalue weighted by Gasteiger charge is -2.21. The Morgan fingerprint density at radius 2 is 1.74 bits per heavy atom. The van der Waals surface area contributed by atoms with Crippen molar-refractivity contribution in [3.8, 4) is 17.2 Å². The standard InChI is InChI=1S/C23H26N2O8S/c1-30-19-8-6-16(12-21(19)34(28,29)25-10-4-2-3-5-11-25)23(27)31-14-22(26)24-17-7-9-18-20(13-17)33-15-32-18/h6-9,12-13H,2-5,10-11,14-15H2,1H3,(H,24,26). The molecule has 2 aliphatic rings. The van der Waals surface area contributed by atoms with E-state index < -0.39 is 28.5 Å². The van der Waals surface area contributed by atoms with Crippen molar-refractivity contribution in [2.24, 2.45) is 0 Å². The van der Waals surface area contributed by atoms with Crippen molar-refractivity contribution in [2.75, 3.05) is 38.9 Å². The van der Waals surface area contributed by atoms with E-state index >= 15 is 0 Å². The molecular formula is C23H26N2O8S. The molecular weight excluding hydrogens is 464 g/mol. The number of nitrogens with one attached hydrogen (secondary N) is 1. The highest BCUT2D eigenvalue weighted by Crippen LogP contribution is 2.34. The Labute approximate surface area is 197 Å². The summed E-state index contributed by atoms with van der Waals surface area (Å²) in [4.78, 5) is 24.7. The lowest BCUT2D eigenvalue weighted by molar-refractivity contribution is -0.119. The van der Waals surface area contributed by atoms with Crippen molar-refractivity contribution in [1.82, 2.24) is 4.31 Å². The van der Waals surface area contributed by atoms with E-state index in [0.717, 1.165) is 25.7 Å². The van der Waals surface area contributed by atoms with Gasteiger partial charge in [-0.05, 0) is 43.2 Å². The fourth-order valence-corrected chi connectivity index (χ4v) is 5.51. The van der Waals surface area contributed by atoms with E-state index in [1.54, 1.807) is 18.2 Å². The number of benzene rings is 2. The molecule has 11 heteroatoms. The molecule has 182 valence electrons. The van der Waals surface area contributed by atoms with E-state index in [9.17, 15) is 18.0 Å². The fraction of sp³-hybridized carbons (Fsp3) is 0.391. The molecule has 0 bridgehead atoms. The topological polar surface area (TPSA) is 120 Å². The van der Waals surface area contributed by atoms with Crippen LogP contribution in [0, 0.1) is 0 Å². The highest BCUT2D eigenvalue weighted by molar-refractivity contribution is 7.89. The van der Waals surface area contributed by atoms with Crippen LogP contribution in [0.4, 0.5) is 5.69 Å². The van der Waals surface area contributed by atoms with Crippen LogP contribution < -0.4 is 19.5 Å². The summed E-state index contributed by atoms with van der Waals surface area (Å²) in [6.45, 7) is 0.398. The minimum Gasteiger partial charge on any atom is -0.495 e. The van der Waals surface area contributed by atoms with Crippen LogP contribution in [0.2, 0.25) is 0 Å². The quantitative estimate of drug-likeness (QED) is 0.589. The van der Waals surface area contributed by atoms with E-state index in [4.69, 9.17) is 18.9 Å². The van der Waals surface area contributed by atoms with Gasteiger partial charge in [-0.1, -0.05) is 12.8 Å². The van der Waals surface area contributed by atoms with E-state index in [0.29, 0.717) is 30.3 Å². The third kappa shape index (κ3) is 5.26. The van der Waals surface area contributed by atoms with Gasteiger partial charge < -0.3 is 24.3 Å². The van der Waals surface area contributed by atoms with Gasteiger partial charge in [-0.3, -0.25) is 4.79 Å². The van der Waals surface area contributed by atoms with Crippen LogP contribution in [0.3, 0.4) is 0 Å². The van der Waals surface area contributed by atoms with Gasteiger partial charge in [0.05, 0.1) is 12.7 Å². The van der Waals surface area contributed by atoms with Gasteiger partial charge in [-0.15, -0.1) is 0 Å². The number of rotatable bonds is 7. The number of hydrogen-bond donors (Lipinski definition) is 1. The molecule has 0 unspecified atom stereocenters. The molecule has 10 nitrogen and oxygen atoms in total. The van der Waals surface area contributed by atoms with Gasteiger partial charge in [0.1, 0.15) is 10.6 Å². The molecule has 0 aliphatic carbocycles. The van der Waals surface area contributed by atoms with Crippen LogP contribution in [0.25, 0.3) is 0 Å². The van der Waals surface area contributed by atoms with Gasteiger partial charge in [0, 0.05) is 24.8 Å². The number of esters is 1. The average Bonchev–Trinajstić information content (AvgIpc) is 3.12. The number of amides is 1. The Kier molecular flexibility index (Phi) is 7.23. The first-order valence-electron chi connectivity index (χ1n) is 10.9. The van der Waals surface area contributed by atoms with Crippen molar-refractivity contribution in [2.45, 2.75) is 30.6 Å². The van der Waals surface area contributed by atoms with E-state index in [2.05, 4.69) is 5.32 Å². The zero-order valence-corrected chi connectivity index (χ0v) is 19.6. The highest BCUT2D eigenvalue weighted by atomic mass is 32.2. The zero-order chi connectivity index (χ0) is 24.1. The molecule has 1 amide bonds. The monoisotopic (exact) mass is 490 g/mol. The normalized spacial score (nSPS) is 15.9. The van der Waals surface area contributed by atoms with Gasteiger partial charge in [0.15, 0.2) is 18.1 Å². The summed E-state index contributed by atoms with van der Waals surface area (Å²) in [5.41, 5.74) is 0.464. The second-order valence-corrected chi connectivity index (χ2v) is 9.78. The maximum atomic E-state index is 13.3. The Balaban J connectivity index is 1.43. The van der Waals surface area contributed by atoms with Crippen molar-refractivity contribution < 1.29 is 37.0 Å². The Morgan fingerprint density at radius 3 is 2.47 bits per heavy atom. The van der Waals surface area contributed by atoms with Crippen LogP contribution in [0.1, 0.15) is 36.0 Å². The fourth-order valence-electron chi connectivity index (χ4n) is 3.81. The number of carbonyl (C=O) groups excluding carboxylic acids is 2. The Hall–Kier alpha value is -3.31. The van der Waals surface area contributed by atoms with Crippen LogP contribution in [-0.2, 0) is 19.6 Å². The Bertz CT molecular complexity index is 1170. The summed E-state index contributed by atoms with van der Waals surface area (Å²) in [6.07, 6.45) is 3.51. The number of nitrogens with zero attached hydrogens (tertiary/aromatic N) is 1. The smallest absolute Gasteiger partial charge is 0.338 e. The molecule has 0 aromatic heterocycles. The lowest BCUT2D eigenvalue weighted by Crippen LogP contribution is -2.32. The summed E-state index contributed by atoms with van der Waals surface area (Å²) in [6, 6.07) is 8.94. The molecule has 2 aromatic rings. The summed E-state index contributed by atoms with van der Waals surface area (Å²) in [7, 11) is -2.49. The van der Waals surface area contributed by atoms with Gasteiger partial charge in [0.2, 0.25) is 16.8 Å². The van der Waals surface area contributed by atoms with Crippen molar-refractivity contribution in [3.63, 3.8) is 0 Å². The molecule has 0 spiro atoms. The largest absolute Gasteiger partial charge is 0.495 e. The molecule has 2 aromatic carbocycles. The second kappa shape index (κ2) is 10.3. The van der Waals surface area contributed by atoms with Crippen LogP contribution in [0.15, 0.2) is 41.3 Å². The minimum absolute atomic E-state index is 0.00470. The van der Waals surface area contributed by atoms with Gasteiger partial charge in [-0.25, -0.2) is 13.2 Å². The summed E-state index contributed by atoms with van der Waals surface area (Å²) in [5, 5.41) is 2.61. The van der Waals surface area contributed by atoms with Crippen molar-refractivity contribution in [1.29, 1.82) is 0 Å². The third-order valence-electron chi connectivity index (χ3n) is 5.57. The second-order valence-electron chi connectivity index (χ2n) is 7.88. The predicted molar refractivity (Wildman–Crippen MR) is 122 cm³/mol. The van der Waals surface area contributed by atoms with E-state index in [-0.39, 0.29) is 23.0 Å². The number of fused-ring (bicyclic) bond motifs is 1. The minimum atomic E-state index is -3.86. The number of methoxy groups -OCH3 is 1. The van der Waals surface area contributed by atoms with Gasteiger partial charge in [0.25, 0.3) is 5.91 Å². The van der Waals surface area contributed by atoms with Crippen molar-refractivity contribution >= 4 is 27.6 Å². The molecule has 1 N–H and O–H groups in total. The number of ether oxygens (including phenoxy) is 4. The highest BCUT2D eigenvalue weighted by Gasteiger charge is 2.29. The van der Waals surface area contributed by atoms with Crippen molar-refractivity contribution in [3.05, 3.63) is 42.0 Å². The van der Waals surface area contributed by atoms with E-state index in [1.165, 1.54) is 29.6 Å². The first-order valence-corrected chi connectivity index (χ1v) is 12.4. The molecule has 1 fully saturated rings. The molecule has 2 heterocycles.